The highest BCUT2D eigenvalue weighted by Crippen LogP contribution is 2.16. The minimum absolute atomic E-state index is 0.280. The summed E-state index contributed by atoms with van der Waals surface area (Å²) in [7, 11) is 1.93. The molecule has 5 heteroatoms. The maximum absolute atomic E-state index is 5.99. The van der Waals surface area contributed by atoms with Gasteiger partial charge in [0.2, 0.25) is 5.95 Å². The van der Waals surface area contributed by atoms with Crippen LogP contribution in [0.2, 0.25) is 0 Å². The van der Waals surface area contributed by atoms with Crippen molar-refractivity contribution in [3.05, 3.63) is 36.8 Å². The molecule has 2 aromatic heterocycles. The fourth-order valence-electron chi connectivity index (χ4n) is 1.87. The number of pyridine rings is 1. The summed E-state index contributed by atoms with van der Waals surface area (Å²) in [6, 6.07) is 5.76. The van der Waals surface area contributed by atoms with E-state index in [0.29, 0.717) is 12.5 Å². The fourth-order valence-corrected chi connectivity index (χ4v) is 1.87. The standard InChI is InChI=1S/C14H19N5/c1-14(2,15)10-19(3)13-17-8-11(9-18-13)12-6-4-5-7-16-12/h4-9H,10,15H2,1-3H3. The van der Waals surface area contributed by atoms with Gasteiger partial charge in [-0.2, -0.15) is 0 Å². The lowest BCUT2D eigenvalue weighted by Gasteiger charge is -2.26. The Labute approximate surface area is 113 Å². The van der Waals surface area contributed by atoms with Crippen LogP contribution in [-0.2, 0) is 0 Å². The largest absolute Gasteiger partial charge is 0.342 e. The zero-order valence-electron chi connectivity index (χ0n) is 11.5. The number of rotatable bonds is 4. The van der Waals surface area contributed by atoms with Gasteiger partial charge in [-0.15, -0.1) is 0 Å². The minimum Gasteiger partial charge on any atom is -0.342 e. The van der Waals surface area contributed by atoms with Crippen molar-refractivity contribution in [2.24, 2.45) is 5.73 Å². The molecule has 2 N–H and O–H groups in total. The Hall–Kier alpha value is -2.01. The van der Waals surface area contributed by atoms with Crippen LogP contribution >= 0.6 is 0 Å². The van der Waals surface area contributed by atoms with Gasteiger partial charge in [-0.1, -0.05) is 6.07 Å². The molecule has 0 atom stereocenters. The van der Waals surface area contributed by atoms with Crippen molar-refractivity contribution in [3.8, 4) is 11.3 Å². The molecule has 0 aliphatic heterocycles. The van der Waals surface area contributed by atoms with Gasteiger partial charge in [0.1, 0.15) is 0 Å². The number of hydrogen-bond acceptors (Lipinski definition) is 5. The Morgan fingerprint density at radius 3 is 2.37 bits per heavy atom. The zero-order valence-corrected chi connectivity index (χ0v) is 11.5. The highest BCUT2D eigenvalue weighted by molar-refractivity contribution is 5.57. The molecular formula is C14H19N5. The van der Waals surface area contributed by atoms with Crippen LogP contribution in [0.3, 0.4) is 0 Å². The van der Waals surface area contributed by atoms with Crippen LogP contribution in [0.5, 0.6) is 0 Å². The van der Waals surface area contributed by atoms with E-state index < -0.39 is 0 Å². The average molecular weight is 257 g/mol. The lowest BCUT2D eigenvalue weighted by molar-refractivity contribution is 0.515. The van der Waals surface area contributed by atoms with Gasteiger partial charge in [0.15, 0.2) is 0 Å². The number of anilines is 1. The van der Waals surface area contributed by atoms with Crippen molar-refractivity contribution < 1.29 is 0 Å². The summed E-state index contributed by atoms with van der Waals surface area (Å²) < 4.78 is 0. The van der Waals surface area contributed by atoms with Crippen molar-refractivity contribution in [1.82, 2.24) is 15.0 Å². The Balaban J connectivity index is 2.15. The molecule has 0 radical (unpaired) electrons. The Bertz CT molecular complexity index is 516. The Kier molecular flexibility index (Phi) is 3.76. The average Bonchev–Trinajstić information content (AvgIpc) is 2.38. The van der Waals surface area contributed by atoms with Gasteiger partial charge in [-0.25, -0.2) is 9.97 Å². The number of hydrogen-bond donors (Lipinski definition) is 1. The van der Waals surface area contributed by atoms with Crippen LogP contribution < -0.4 is 10.6 Å². The molecule has 5 nitrogen and oxygen atoms in total. The lowest BCUT2D eigenvalue weighted by atomic mass is 10.1. The SMILES string of the molecule is CN(CC(C)(C)N)c1ncc(-c2ccccn2)cn1. The first-order valence-electron chi connectivity index (χ1n) is 6.19. The van der Waals surface area contributed by atoms with E-state index in [2.05, 4.69) is 15.0 Å². The molecule has 0 spiro atoms. The van der Waals surface area contributed by atoms with Crippen LogP contribution in [0, 0.1) is 0 Å². The predicted octanol–water partition coefficient (Wildman–Crippen LogP) is 1.71. The van der Waals surface area contributed by atoms with E-state index in [4.69, 9.17) is 5.73 Å². The third-order valence-corrected chi connectivity index (χ3v) is 2.58. The van der Waals surface area contributed by atoms with Gasteiger partial charge in [0.05, 0.1) is 5.69 Å². The van der Waals surface area contributed by atoms with Gasteiger partial charge in [0, 0.05) is 43.3 Å². The van der Waals surface area contributed by atoms with Gasteiger partial charge in [-0.05, 0) is 26.0 Å². The van der Waals surface area contributed by atoms with Crippen LogP contribution in [0.15, 0.2) is 36.8 Å². The maximum atomic E-state index is 5.99. The molecule has 0 aliphatic carbocycles. The van der Waals surface area contributed by atoms with Gasteiger partial charge < -0.3 is 10.6 Å². The first-order chi connectivity index (χ1) is 8.96. The summed E-state index contributed by atoms with van der Waals surface area (Å²) in [5, 5.41) is 0. The summed E-state index contributed by atoms with van der Waals surface area (Å²) in [4.78, 5) is 14.9. The smallest absolute Gasteiger partial charge is 0.225 e. The predicted molar refractivity (Wildman–Crippen MR) is 76.8 cm³/mol. The number of aromatic nitrogens is 3. The number of likely N-dealkylation sites (N-methyl/N-ethyl adjacent to an activating group) is 1. The van der Waals surface area contributed by atoms with Crippen LogP contribution in [0.4, 0.5) is 5.95 Å². The second-order valence-electron chi connectivity index (χ2n) is 5.33. The molecule has 0 aliphatic rings. The van der Waals surface area contributed by atoms with Crippen molar-refractivity contribution in [2.75, 3.05) is 18.5 Å². The van der Waals surface area contributed by atoms with Crippen molar-refractivity contribution in [1.29, 1.82) is 0 Å². The second-order valence-corrected chi connectivity index (χ2v) is 5.33. The highest BCUT2D eigenvalue weighted by atomic mass is 15.2. The van der Waals surface area contributed by atoms with Gasteiger partial charge in [-0.3, -0.25) is 4.98 Å². The first kappa shape index (κ1) is 13.4. The molecule has 0 unspecified atom stereocenters. The third kappa shape index (κ3) is 3.72. The topological polar surface area (TPSA) is 67.9 Å². The van der Waals surface area contributed by atoms with Crippen molar-refractivity contribution in [2.45, 2.75) is 19.4 Å². The van der Waals surface area contributed by atoms with E-state index in [-0.39, 0.29) is 5.54 Å². The monoisotopic (exact) mass is 257 g/mol. The van der Waals surface area contributed by atoms with Crippen LogP contribution in [-0.4, -0.2) is 34.1 Å². The van der Waals surface area contributed by atoms with Crippen molar-refractivity contribution in [3.63, 3.8) is 0 Å². The molecule has 0 fully saturated rings. The maximum Gasteiger partial charge on any atom is 0.225 e. The molecule has 100 valence electrons. The zero-order chi connectivity index (χ0) is 13.9. The molecule has 0 amide bonds. The number of nitrogens with two attached hydrogens (primary N) is 1. The second kappa shape index (κ2) is 5.32. The van der Waals surface area contributed by atoms with Gasteiger partial charge >= 0.3 is 0 Å². The van der Waals surface area contributed by atoms with Crippen LogP contribution in [0.25, 0.3) is 11.3 Å². The van der Waals surface area contributed by atoms with Crippen LogP contribution in [0.1, 0.15) is 13.8 Å². The molecule has 2 aromatic rings. The molecule has 19 heavy (non-hydrogen) atoms. The van der Waals surface area contributed by atoms with E-state index in [1.54, 1.807) is 18.6 Å². The fraction of sp³-hybridized carbons (Fsp3) is 0.357. The van der Waals surface area contributed by atoms with E-state index in [0.717, 1.165) is 11.3 Å². The van der Waals surface area contributed by atoms with E-state index in [1.165, 1.54) is 0 Å². The Morgan fingerprint density at radius 2 is 1.84 bits per heavy atom. The summed E-state index contributed by atoms with van der Waals surface area (Å²) in [6.45, 7) is 4.65. The summed E-state index contributed by atoms with van der Waals surface area (Å²) in [5.41, 5.74) is 7.49. The molecule has 0 aromatic carbocycles. The molecule has 0 bridgehead atoms. The minimum atomic E-state index is -0.280. The number of nitrogens with zero attached hydrogens (tertiary/aromatic N) is 4. The summed E-state index contributed by atoms with van der Waals surface area (Å²) >= 11 is 0. The normalized spacial score (nSPS) is 11.4. The third-order valence-electron chi connectivity index (χ3n) is 2.58. The Morgan fingerprint density at radius 1 is 1.16 bits per heavy atom. The quantitative estimate of drug-likeness (QED) is 0.903. The van der Waals surface area contributed by atoms with E-state index in [9.17, 15) is 0 Å². The molecule has 0 saturated heterocycles. The van der Waals surface area contributed by atoms with E-state index >= 15 is 0 Å². The van der Waals surface area contributed by atoms with E-state index in [1.807, 2.05) is 44.0 Å². The molecule has 2 heterocycles. The molecular weight excluding hydrogens is 238 g/mol. The first-order valence-corrected chi connectivity index (χ1v) is 6.19. The van der Waals surface area contributed by atoms with Gasteiger partial charge in [0.25, 0.3) is 0 Å². The highest BCUT2D eigenvalue weighted by Gasteiger charge is 2.15. The summed E-state index contributed by atoms with van der Waals surface area (Å²) in [5.74, 6) is 0.665. The summed E-state index contributed by atoms with van der Waals surface area (Å²) in [6.07, 6.45) is 5.32. The molecule has 2 rings (SSSR count). The van der Waals surface area contributed by atoms with Crippen molar-refractivity contribution >= 4 is 5.95 Å². The lowest BCUT2D eigenvalue weighted by Crippen LogP contribution is -2.44. The molecule has 0 saturated carbocycles.